The van der Waals surface area contributed by atoms with Crippen molar-refractivity contribution in [2.24, 2.45) is 11.7 Å². The zero-order chi connectivity index (χ0) is 25.3. The van der Waals surface area contributed by atoms with Gasteiger partial charge in [-0.1, -0.05) is 26.0 Å². The molecular formula is C21H30N4O8. The van der Waals surface area contributed by atoms with Gasteiger partial charge in [0, 0.05) is 6.42 Å². The second kappa shape index (κ2) is 12.4. The molecule has 182 valence electrons. The van der Waals surface area contributed by atoms with E-state index in [2.05, 4.69) is 16.0 Å². The van der Waals surface area contributed by atoms with Gasteiger partial charge in [-0.2, -0.15) is 0 Å². The second-order valence-corrected chi connectivity index (χ2v) is 7.93. The average molecular weight is 466 g/mol. The van der Waals surface area contributed by atoms with E-state index in [1.165, 1.54) is 31.2 Å². The summed E-state index contributed by atoms with van der Waals surface area (Å²) in [5, 5.41) is 34.7. The second-order valence-electron chi connectivity index (χ2n) is 7.93. The molecule has 0 saturated heterocycles. The van der Waals surface area contributed by atoms with Crippen LogP contribution in [0.25, 0.3) is 0 Å². The third-order valence-corrected chi connectivity index (χ3v) is 4.78. The Kier molecular flexibility index (Phi) is 10.3. The maximum atomic E-state index is 12.6. The third kappa shape index (κ3) is 9.15. The van der Waals surface area contributed by atoms with Crippen molar-refractivity contribution in [2.45, 2.75) is 57.8 Å². The van der Waals surface area contributed by atoms with E-state index in [1.807, 2.05) is 0 Å². The summed E-state index contributed by atoms with van der Waals surface area (Å²) < 4.78 is 0. The SMILES string of the molecule is CC(NC(=O)C(N)C(C)C)C(=O)NC(CC(=O)O)C(=O)NC(Cc1ccc(O)cc1)C(=O)O. The van der Waals surface area contributed by atoms with Gasteiger partial charge in [0.25, 0.3) is 0 Å². The zero-order valence-electron chi connectivity index (χ0n) is 18.6. The first-order valence-electron chi connectivity index (χ1n) is 10.2. The summed E-state index contributed by atoms with van der Waals surface area (Å²) in [5.74, 6) is -5.44. The van der Waals surface area contributed by atoms with Gasteiger partial charge in [-0.25, -0.2) is 4.79 Å². The number of amides is 3. The normalized spacial score (nSPS) is 14.5. The lowest BCUT2D eigenvalue weighted by Crippen LogP contribution is -2.57. The van der Waals surface area contributed by atoms with Crippen LogP contribution in [-0.2, 0) is 30.4 Å². The molecule has 1 aromatic carbocycles. The highest BCUT2D eigenvalue weighted by Crippen LogP contribution is 2.12. The smallest absolute Gasteiger partial charge is 0.326 e. The van der Waals surface area contributed by atoms with Gasteiger partial charge < -0.3 is 37.0 Å². The Hall–Kier alpha value is -3.67. The van der Waals surface area contributed by atoms with E-state index in [1.54, 1.807) is 13.8 Å². The summed E-state index contributed by atoms with van der Waals surface area (Å²) in [7, 11) is 0. The number of aromatic hydroxyl groups is 1. The van der Waals surface area contributed by atoms with Crippen molar-refractivity contribution < 1.29 is 39.3 Å². The maximum Gasteiger partial charge on any atom is 0.326 e. The number of carbonyl (C=O) groups excluding carboxylic acids is 3. The summed E-state index contributed by atoms with van der Waals surface area (Å²) in [4.78, 5) is 59.9. The fraction of sp³-hybridized carbons (Fsp3) is 0.476. The molecule has 0 aromatic heterocycles. The highest BCUT2D eigenvalue weighted by atomic mass is 16.4. The fourth-order valence-corrected chi connectivity index (χ4v) is 2.70. The molecule has 0 spiro atoms. The van der Waals surface area contributed by atoms with Crippen molar-refractivity contribution >= 4 is 29.7 Å². The molecule has 12 nitrogen and oxygen atoms in total. The number of hydrogen-bond donors (Lipinski definition) is 7. The summed E-state index contributed by atoms with van der Waals surface area (Å²) >= 11 is 0. The first kappa shape index (κ1) is 27.4. The highest BCUT2D eigenvalue weighted by Gasteiger charge is 2.30. The largest absolute Gasteiger partial charge is 0.508 e. The lowest BCUT2D eigenvalue weighted by atomic mass is 10.0. The molecule has 0 heterocycles. The Labute approximate surface area is 190 Å². The minimum Gasteiger partial charge on any atom is -0.508 e. The number of phenolic OH excluding ortho intramolecular Hbond substituents is 1. The molecule has 4 unspecified atom stereocenters. The Morgan fingerprint density at radius 1 is 0.848 bits per heavy atom. The van der Waals surface area contributed by atoms with Gasteiger partial charge in [-0.3, -0.25) is 19.2 Å². The molecule has 0 bridgehead atoms. The molecule has 0 aliphatic heterocycles. The number of rotatable bonds is 12. The maximum absolute atomic E-state index is 12.6. The van der Waals surface area contributed by atoms with Gasteiger partial charge >= 0.3 is 11.9 Å². The fourth-order valence-electron chi connectivity index (χ4n) is 2.70. The highest BCUT2D eigenvalue weighted by molar-refractivity contribution is 5.95. The molecule has 3 amide bonds. The first-order chi connectivity index (χ1) is 15.3. The van der Waals surface area contributed by atoms with Gasteiger partial charge in [0.15, 0.2) is 0 Å². The molecule has 0 saturated carbocycles. The molecule has 4 atom stereocenters. The van der Waals surface area contributed by atoms with Crippen LogP contribution in [0, 0.1) is 5.92 Å². The van der Waals surface area contributed by atoms with Crippen LogP contribution in [0.2, 0.25) is 0 Å². The molecule has 0 fully saturated rings. The Morgan fingerprint density at radius 2 is 1.39 bits per heavy atom. The van der Waals surface area contributed by atoms with Crippen LogP contribution in [0.15, 0.2) is 24.3 Å². The predicted molar refractivity (Wildman–Crippen MR) is 116 cm³/mol. The lowest BCUT2D eigenvalue weighted by Gasteiger charge is -2.23. The van der Waals surface area contributed by atoms with E-state index >= 15 is 0 Å². The number of nitrogens with one attached hydrogen (secondary N) is 3. The van der Waals surface area contributed by atoms with Gasteiger partial charge in [0.05, 0.1) is 12.5 Å². The quantitative estimate of drug-likeness (QED) is 0.200. The van der Waals surface area contributed by atoms with Crippen molar-refractivity contribution in [2.75, 3.05) is 0 Å². The number of nitrogens with two attached hydrogens (primary N) is 1. The predicted octanol–water partition coefficient (Wildman–Crippen LogP) is -1.05. The topological polar surface area (TPSA) is 208 Å². The monoisotopic (exact) mass is 466 g/mol. The molecule has 1 aromatic rings. The van der Waals surface area contributed by atoms with E-state index in [0.717, 1.165) is 0 Å². The Morgan fingerprint density at radius 3 is 1.88 bits per heavy atom. The van der Waals surface area contributed by atoms with Gasteiger partial charge in [-0.05, 0) is 30.5 Å². The molecule has 12 heteroatoms. The van der Waals surface area contributed by atoms with Crippen LogP contribution in [0.4, 0.5) is 0 Å². The van der Waals surface area contributed by atoms with Crippen molar-refractivity contribution in [1.82, 2.24) is 16.0 Å². The van der Waals surface area contributed by atoms with Crippen LogP contribution in [0.5, 0.6) is 5.75 Å². The molecule has 8 N–H and O–H groups in total. The van der Waals surface area contributed by atoms with Gasteiger partial charge in [0.1, 0.15) is 23.9 Å². The zero-order valence-corrected chi connectivity index (χ0v) is 18.6. The van der Waals surface area contributed by atoms with Crippen molar-refractivity contribution in [3.8, 4) is 5.75 Å². The van der Waals surface area contributed by atoms with Gasteiger partial charge in [-0.15, -0.1) is 0 Å². The number of carboxylic acids is 2. The molecule has 0 aliphatic rings. The first-order valence-corrected chi connectivity index (χ1v) is 10.2. The van der Waals surface area contributed by atoms with E-state index in [4.69, 9.17) is 10.8 Å². The summed E-state index contributed by atoms with van der Waals surface area (Å²) in [5.41, 5.74) is 6.22. The Balaban J connectivity index is 2.87. The lowest BCUT2D eigenvalue weighted by molar-refractivity contribution is -0.143. The van der Waals surface area contributed by atoms with Crippen LogP contribution in [0.3, 0.4) is 0 Å². The summed E-state index contributed by atoms with van der Waals surface area (Å²) in [6, 6.07) is 0.647. The number of carboxylic acid groups (broad SMARTS) is 2. The molecule has 1 rings (SSSR count). The summed E-state index contributed by atoms with van der Waals surface area (Å²) in [6.07, 6.45) is -0.954. The van der Waals surface area contributed by atoms with Crippen LogP contribution < -0.4 is 21.7 Å². The number of benzene rings is 1. The minimum absolute atomic E-state index is 0.0190. The van der Waals surface area contributed by atoms with E-state index < -0.39 is 60.2 Å². The number of hydrogen-bond acceptors (Lipinski definition) is 7. The van der Waals surface area contributed by atoms with Crippen LogP contribution >= 0.6 is 0 Å². The molecule has 0 radical (unpaired) electrons. The van der Waals surface area contributed by atoms with Crippen LogP contribution in [0.1, 0.15) is 32.8 Å². The number of phenols is 1. The molecule has 33 heavy (non-hydrogen) atoms. The number of aliphatic carboxylic acids is 2. The van der Waals surface area contributed by atoms with Crippen molar-refractivity contribution in [3.63, 3.8) is 0 Å². The van der Waals surface area contributed by atoms with Crippen molar-refractivity contribution in [3.05, 3.63) is 29.8 Å². The summed E-state index contributed by atoms with van der Waals surface area (Å²) in [6.45, 7) is 4.78. The van der Waals surface area contributed by atoms with Crippen molar-refractivity contribution in [1.29, 1.82) is 0 Å². The number of carbonyl (C=O) groups is 5. The van der Waals surface area contributed by atoms with Crippen LogP contribution in [-0.4, -0.2) is 69.1 Å². The van der Waals surface area contributed by atoms with E-state index in [9.17, 15) is 34.2 Å². The Bertz CT molecular complexity index is 872. The third-order valence-electron chi connectivity index (χ3n) is 4.78. The van der Waals surface area contributed by atoms with E-state index in [-0.39, 0.29) is 18.1 Å². The average Bonchev–Trinajstić information content (AvgIpc) is 2.72. The standard InChI is InChI=1S/C21H30N4O8/c1-10(2)17(22)20(31)23-11(3)18(29)24-14(9-16(27)28)19(30)25-15(21(32)33)8-12-4-6-13(26)7-5-12/h4-7,10-11,14-15,17,26H,8-9,22H2,1-3H3,(H,23,31)(H,24,29)(H,25,30)(H,27,28)(H,32,33). The minimum atomic E-state index is -1.59. The van der Waals surface area contributed by atoms with Gasteiger partial charge in [0.2, 0.25) is 17.7 Å². The molecule has 0 aliphatic carbocycles. The van der Waals surface area contributed by atoms with E-state index in [0.29, 0.717) is 5.56 Å². The molecular weight excluding hydrogens is 436 g/mol.